The number of aryl methyl sites for hydroxylation is 1. The van der Waals surface area contributed by atoms with Crippen LogP contribution in [-0.4, -0.2) is 17.2 Å². The Morgan fingerprint density at radius 1 is 0.931 bits per heavy atom. The lowest BCUT2D eigenvalue weighted by molar-refractivity contribution is 0.0695. The van der Waals surface area contributed by atoms with Crippen LogP contribution in [0.25, 0.3) is 11.5 Å². The molecule has 5 nitrogen and oxygen atoms in total. The molecule has 5 heteroatoms. The van der Waals surface area contributed by atoms with E-state index in [4.69, 9.17) is 9.15 Å². The Bertz CT molecular complexity index is 1130. The first-order chi connectivity index (χ1) is 14.2. The van der Waals surface area contributed by atoms with Gasteiger partial charge in [0.1, 0.15) is 0 Å². The lowest BCUT2D eigenvalue weighted by Gasteiger charge is -2.01. The van der Waals surface area contributed by atoms with Crippen LogP contribution in [-0.2, 0) is 0 Å². The molecule has 1 aromatic heterocycles. The molecule has 0 fully saturated rings. The van der Waals surface area contributed by atoms with Crippen molar-refractivity contribution in [1.29, 1.82) is 0 Å². The first-order valence-electron chi connectivity index (χ1n) is 9.13. The van der Waals surface area contributed by atoms with E-state index in [1.165, 1.54) is 6.21 Å². The summed E-state index contributed by atoms with van der Waals surface area (Å²) in [4.78, 5) is 21.4. The van der Waals surface area contributed by atoms with Gasteiger partial charge in [0.25, 0.3) is 0 Å². The topological polar surface area (TPSA) is 64.7 Å². The largest absolute Gasteiger partial charge is 0.405 e. The van der Waals surface area contributed by atoms with E-state index in [9.17, 15) is 4.79 Å². The lowest BCUT2D eigenvalue weighted by Crippen LogP contribution is -2.08. The van der Waals surface area contributed by atoms with E-state index in [1.54, 1.807) is 24.3 Å². The molecule has 1 heterocycles. The predicted octanol–water partition coefficient (Wildman–Crippen LogP) is 5.62. The van der Waals surface area contributed by atoms with E-state index in [-0.39, 0.29) is 5.95 Å². The molecule has 29 heavy (non-hydrogen) atoms. The van der Waals surface area contributed by atoms with Crippen LogP contribution in [0.2, 0.25) is 0 Å². The first kappa shape index (κ1) is 18.4. The van der Waals surface area contributed by atoms with Gasteiger partial charge >= 0.3 is 11.9 Å². The quantitative estimate of drug-likeness (QED) is 0.332. The molecule has 0 saturated heterocycles. The van der Waals surface area contributed by atoms with Crippen LogP contribution in [0.4, 0.5) is 5.69 Å². The van der Waals surface area contributed by atoms with E-state index in [1.807, 2.05) is 67.6 Å². The van der Waals surface area contributed by atoms with Gasteiger partial charge in [-0.15, -0.1) is 0 Å². The molecule has 0 saturated carbocycles. The highest BCUT2D eigenvalue weighted by atomic mass is 16.6. The summed E-state index contributed by atoms with van der Waals surface area (Å²) in [5.41, 5.74) is 3.45. The lowest BCUT2D eigenvalue weighted by atomic mass is 10.2. The number of nitrogens with zero attached hydrogens (tertiary/aromatic N) is 2. The number of rotatable bonds is 5. The molecule has 0 N–H and O–H groups in total. The van der Waals surface area contributed by atoms with Crippen molar-refractivity contribution < 1.29 is 13.9 Å². The second-order valence-electron chi connectivity index (χ2n) is 6.41. The molecule has 0 radical (unpaired) electrons. The molecule has 3 aromatic carbocycles. The Morgan fingerprint density at radius 3 is 2.28 bits per heavy atom. The molecule has 4 rings (SSSR count). The highest BCUT2D eigenvalue weighted by Crippen LogP contribution is 2.27. The van der Waals surface area contributed by atoms with E-state index in [0.717, 1.165) is 16.8 Å². The maximum atomic E-state index is 12.5. The number of aromatic nitrogens is 1. The van der Waals surface area contributed by atoms with Crippen LogP contribution in [0.5, 0.6) is 5.95 Å². The third kappa shape index (κ3) is 4.47. The van der Waals surface area contributed by atoms with Crippen LogP contribution >= 0.6 is 0 Å². The summed E-state index contributed by atoms with van der Waals surface area (Å²) in [5, 5.41) is 0. The molecule has 0 amide bonds. The summed E-state index contributed by atoms with van der Waals surface area (Å²) in [6, 6.07) is 25.9. The summed E-state index contributed by atoms with van der Waals surface area (Å²) in [5.74, 6) is -0.160. The van der Waals surface area contributed by atoms with Gasteiger partial charge in [0.05, 0.1) is 17.5 Å². The molecule has 0 bridgehead atoms. The minimum Gasteiger partial charge on any atom is -0.405 e. The van der Waals surface area contributed by atoms with Crippen molar-refractivity contribution >= 4 is 17.9 Å². The normalized spacial score (nSPS) is 10.9. The van der Waals surface area contributed by atoms with Gasteiger partial charge in [-0.3, -0.25) is 4.99 Å². The molecule has 142 valence electrons. The summed E-state index contributed by atoms with van der Waals surface area (Å²) < 4.78 is 11.2. The van der Waals surface area contributed by atoms with Gasteiger partial charge in [-0.1, -0.05) is 54.1 Å². The fourth-order valence-corrected chi connectivity index (χ4v) is 2.66. The van der Waals surface area contributed by atoms with E-state index >= 15 is 0 Å². The molecule has 0 atom stereocenters. The number of hydrogen-bond acceptors (Lipinski definition) is 5. The zero-order valence-electron chi connectivity index (χ0n) is 15.8. The van der Waals surface area contributed by atoms with Gasteiger partial charge in [0, 0.05) is 5.56 Å². The minimum atomic E-state index is -0.522. The number of aliphatic imine (C=N–C) groups is 1. The SMILES string of the molecule is Cc1ccc(N=Cc2nc(-c3ccccc3)oc2OC(=O)c2ccccc2)cc1. The van der Waals surface area contributed by atoms with Gasteiger partial charge in [-0.25, -0.2) is 9.78 Å². The van der Waals surface area contributed by atoms with Gasteiger partial charge in [0.2, 0.25) is 5.89 Å². The second-order valence-corrected chi connectivity index (χ2v) is 6.41. The Labute approximate surface area is 168 Å². The van der Waals surface area contributed by atoms with Crippen LogP contribution in [0, 0.1) is 6.92 Å². The zero-order valence-corrected chi connectivity index (χ0v) is 15.8. The van der Waals surface area contributed by atoms with Crippen molar-refractivity contribution in [1.82, 2.24) is 4.98 Å². The van der Waals surface area contributed by atoms with Crippen molar-refractivity contribution in [2.24, 2.45) is 4.99 Å². The van der Waals surface area contributed by atoms with Crippen molar-refractivity contribution in [2.75, 3.05) is 0 Å². The molecular formula is C24H18N2O3. The molecule has 0 aliphatic rings. The number of carbonyl (C=O) groups excluding carboxylic acids is 1. The average Bonchev–Trinajstić information content (AvgIpc) is 3.17. The number of benzene rings is 3. The Hall–Kier alpha value is -3.99. The number of esters is 1. The van der Waals surface area contributed by atoms with Gasteiger partial charge < -0.3 is 9.15 Å². The van der Waals surface area contributed by atoms with E-state index in [2.05, 4.69) is 9.98 Å². The fourth-order valence-electron chi connectivity index (χ4n) is 2.66. The minimum absolute atomic E-state index is 0.00793. The Morgan fingerprint density at radius 2 is 1.59 bits per heavy atom. The maximum absolute atomic E-state index is 12.5. The van der Waals surface area contributed by atoms with Crippen LogP contribution in [0.1, 0.15) is 21.6 Å². The molecule has 4 aromatic rings. The van der Waals surface area contributed by atoms with Crippen molar-refractivity contribution in [3.8, 4) is 17.4 Å². The van der Waals surface area contributed by atoms with Crippen molar-refractivity contribution in [3.05, 3.63) is 102 Å². The van der Waals surface area contributed by atoms with Gasteiger partial charge in [-0.05, 0) is 43.3 Å². The maximum Gasteiger partial charge on any atom is 0.345 e. The van der Waals surface area contributed by atoms with Crippen molar-refractivity contribution in [3.63, 3.8) is 0 Å². The Kier molecular flexibility index (Phi) is 5.29. The standard InChI is InChI=1S/C24H18N2O3/c1-17-12-14-20(15-13-17)25-16-21-24(29-23(27)19-10-6-3-7-11-19)28-22(26-21)18-8-4-2-5-9-18/h2-16H,1H3. The second kappa shape index (κ2) is 8.35. The van der Waals surface area contributed by atoms with Gasteiger partial charge in [-0.2, -0.15) is 0 Å². The number of carbonyl (C=O) groups is 1. The average molecular weight is 382 g/mol. The summed E-state index contributed by atoms with van der Waals surface area (Å²) in [6.45, 7) is 2.01. The first-order valence-corrected chi connectivity index (χ1v) is 9.13. The molecule has 0 aliphatic carbocycles. The smallest absolute Gasteiger partial charge is 0.345 e. The monoisotopic (exact) mass is 382 g/mol. The summed E-state index contributed by atoms with van der Waals surface area (Å²) in [6.07, 6.45) is 1.54. The number of hydrogen-bond donors (Lipinski definition) is 0. The Balaban J connectivity index is 1.67. The highest BCUT2D eigenvalue weighted by molar-refractivity contribution is 5.92. The zero-order chi connectivity index (χ0) is 20.1. The van der Waals surface area contributed by atoms with E-state index in [0.29, 0.717) is 17.1 Å². The van der Waals surface area contributed by atoms with Crippen LogP contribution < -0.4 is 4.74 Å². The molecule has 0 spiro atoms. The predicted molar refractivity (Wildman–Crippen MR) is 112 cm³/mol. The highest BCUT2D eigenvalue weighted by Gasteiger charge is 2.19. The fraction of sp³-hybridized carbons (Fsp3) is 0.0417. The molecular weight excluding hydrogens is 364 g/mol. The third-order valence-electron chi connectivity index (χ3n) is 4.21. The number of oxazole rings is 1. The van der Waals surface area contributed by atoms with Crippen LogP contribution in [0.3, 0.4) is 0 Å². The summed E-state index contributed by atoms with van der Waals surface area (Å²) >= 11 is 0. The van der Waals surface area contributed by atoms with Crippen molar-refractivity contribution in [2.45, 2.75) is 6.92 Å². The van der Waals surface area contributed by atoms with Gasteiger partial charge in [0.15, 0.2) is 5.69 Å². The molecule has 0 unspecified atom stereocenters. The summed E-state index contributed by atoms with van der Waals surface area (Å²) in [7, 11) is 0. The third-order valence-corrected chi connectivity index (χ3v) is 4.21. The van der Waals surface area contributed by atoms with Crippen LogP contribution in [0.15, 0.2) is 94.3 Å². The number of ether oxygens (including phenoxy) is 1. The molecule has 0 aliphatic heterocycles. The van der Waals surface area contributed by atoms with E-state index < -0.39 is 5.97 Å².